The highest BCUT2D eigenvalue weighted by molar-refractivity contribution is 7.86. The van der Waals surface area contributed by atoms with Gasteiger partial charge in [0.25, 0.3) is 10.1 Å². The van der Waals surface area contributed by atoms with Gasteiger partial charge in [-0.15, -0.1) is 0 Å². The van der Waals surface area contributed by atoms with Crippen molar-refractivity contribution in [2.45, 2.75) is 31.8 Å². The second-order valence-corrected chi connectivity index (χ2v) is 5.25. The summed E-state index contributed by atoms with van der Waals surface area (Å²) in [5, 5.41) is 9.86. The first-order chi connectivity index (χ1) is 7.85. The van der Waals surface area contributed by atoms with Crippen molar-refractivity contribution >= 4 is 10.1 Å². The SMILES string of the molecule is CC#CC(O)(OC1CCOCC1)OS(C)(=O)=O. The third-order valence-electron chi connectivity index (χ3n) is 2.04. The predicted molar refractivity (Wildman–Crippen MR) is 59.3 cm³/mol. The third-order valence-corrected chi connectivity index (χ3v) is 2.57. The lowest BCUT2D eigenvalue weighted by atomic mass is 10.1. The molecule has 1 unspecified atom stereocenters. The molecule has 0 spiro atoms. The van der Waals surface area contributed by atoms with Crippen molar-refractivity contribution in [3.05, 3.63) is 0 Å². The van der Waals surface area contributed by atoms with Crippen molar-refractivity contribution in [2.75, 3.05) is 19.5 Å². The van der Waals surface area contributed by atoms with Crippen LogP contribution in [0.15, 0.2) is 0 Å². The number of rotatable bonds is 4. The highest BCUT2D eigenvalue weighted by atomic mass is 32.2. The van der Waals surface area contributed by atoms with E-state index in [1.54, 1.807) is 0 Å². The molecular weight excluding hydrogens is 248 g/mol. The minimum atomic E-state index is -3.86. The second-order valence-electron chi connectivity index (χ2n) is 3.67. The molecule has 1 aliphatic rings. The van der Waals surface area contributed by atoms with Crippen molar-refractivity contribution in [3.8, 4) is 11.8 Å². The molecule has 1 N–H and O–H groups in total. The Morgan fingerprint density at radius 1 is 1.41 bits per heavy atom. The normalized spacial score (nSPS) is 21.4. The summed E-state index contributed by atoms with van der Waals surface area (Å²) in [5.41, 5.74) is 0. The third kappa shape index (κ3) is 5.48. The molecule has 1 fully saturated rings. The Hall–Kier alpha value is -0.650. The Bertz CT molecular complexity index is 400. The molecule has 0 radical (unpaired) electrons. The Morgan fingerprint density at radius 2 is 2.00 bits per heavy atom. The summed E-state index contributed by atoms with van der Waals surface area (Å²) in [6.45, 7) is 2.45. The van der Waals surface area contributed by atoms with Crippen LogP contribution in [0.3, 0.4) is 0 Å². The average molecular weight is 264 g/mol. The van der Waals surface area contributed by atoms with Crippen LogP contribution in [0.5, 0.6) is 0 Å². The number of hydrogen-bond acceptors (Lipinski definition) is 6. The van der Waals surface area contributed by atoms with Gasteiger partial charge in [-0.1, -0.05) is 5.92 Å². The van der Waals surface area contributed by atoms with Crippen LogP contribution < -0.4 is 0 Å². The van der Waals surface area contributed by atoms with E-state index in [1.165, 1.54) is 6.92 Å². The molecule has 7 heteroatoms. The van der Waals surface area contributed by atoms with E-state index in [0.717, 1.165) is 6.26 Å². The smallest absolute Gasteiger partial charge is 0.365 e. The molecule has 1 rings (SSSR count). The van der Waals surface area contributed by atoms with Crippen molar-refractivity contribution in [1.82, 2.24) is 0 Å². The Morgan fingerprint density at radius 3 is 2.47 bits per heavy atom. The largest absolute Gasteiger partial charge is 0.381 e. The van der Waals surface area contributed by atoms with Crippen LogP contribution in [0.1, 0.15) is 19.8 Å². The molecule has 0 amide bonds. The van der Waals surface area contributed by atoms with E-state index in [9.17, 15) is 13.5 Å². The Balaban J connectivity index is 2.72. The predicted octanol–water partition coefficient (Wildman–Crippen LogP) is -0.172. The molecule has 0 saturated carbocycles. The molecule has 0 aromatic carbocycles. The zero-order chi connectivity index (χ0) is 12.9. The first kappa shape index (κ1) is 14.4. The Kier molecular flexibility index (Phi) is 4.91. The maximum atomic E-state index is 11.0. The second kappa shape index (κ2) is 5.80. The van der Waals surface area contributed by atoms with Gasteiger partial charge < -0.3 is 14.6 Å². The van der Waals surface area contributed by atoms with E-state index < -0.39 is 16.1 Å². The van der Waals surface area contributed by atoms with Gasteiger partial charge in [-0.3, -0.25) is 0 Å². The first-order valence-electron chi connectivity index (χ1n) is 5.17. The maximum absolute atomic E-state index is 11.0. The molecule has 1 aliphatic heterocycles. The highest BCUT2D eigenvalue weighted by Gasteiger charge is 2.35. The van der Waals surface area contributed by atoms with Crippen molar-refractivity contribution in [2.24, 2.45) is 0 Å². The van der Waals surface area contributed by atoms with E-state index in [0.29, 0.717) is 26.1 Å². The molecule has 1 saturated heterocycles. The van der Waals surface area contributed by atoms with Gasteiger partial charge in [0, 0.05) is 13.2 Å². The molecule has 1 heterocycles. The van der Waals surface area contributed by atoms with Gasteiger partial charge in [0.1, 0.15) is 0 Å². The van der Waals surface area contributed by atoms with Crippen LogP contribution in [0.25, 0.3) is 0 Å². The van der Waals surface area contributed by atoms with E-state index in [4.69, 9.17) is 9.47 Å². The van der Waals surface area contributed by atoms with Crippen LogP contribution in [0.4, 0.5) is 0 Å². The molecule has 17 heavy (non-hydrogen) atoms. The van der Waals surface area contributed by atoms with Gasteiger partial charge in [0.2, 0.25) is 0 Å². The van der Waals surface area contributed by atoms with E-state index in [1.807, 2.05) is 0 Å². The van der Waals surface area contributed by atoms with Crippen LogP contribution >= 0.6 is 0 Å². The summed E-state index contributed by atoms with van der Waals surface area (Å²) in [4.78, 5) is 0. The van der Waals surface area contributed by atoms with Crippen LogP contribution in [-0.4, -0.2) is 45.1 Å². The zero-order valence-electron chi connectivity index (χ0n) is 9.80. The molecule has 0 bridgehead atoms. The van der Waals surface area contributed by atoms with Gasteiger partial charge in [0.15, 0.2) is 0 Å². The topological polar surface area (TPSA) is 82.1 Å². The molecule has 98 valence electrons. The van der Waals surface area contributed by atoms with Crippen molar-refractivity contribution in [3.63, 3.8) is 0 Å². The summed E-state index contributed by atoms with van der Waals surface area (Å²) in [6, 6.07) is 0. The fraction of sp³-hybridized carbons (Fsp3) is 0.800. The van der Waals surface area contributed by atoms with Gasteiger partial charge in [-0.05, 0) is 25.7 Å². The lowest BCUT2D eigenvalue weighted by Gasteiger charge is -2.29. The van der Waals surface area contributed by atoms with Crippen LogP contribution in [-0.2, 0) is 23.8 Å². The monoisotopic (exact) mass is 264 g/mol. The standard InChI is InChI=1S/C10H16O6S/c1-3-6-10(11,16-17(2,12)13)15-9-4-7-14-8-5-9/h9,11H,4-5,7-8H2,1-2H3. The van der Waals surface area contributed by atoms with Gasteiger partial charge in [0.05, 0.1) is 12.4 Å². The Labute approximate surface area is 101 Å². The molecule has 0 aromatic heterocycles. The maximum Gasteiger partial charge on any atom is 0.365 e. The van der Waals surface area contributed by atoms with Gasteiger partial charge >= 0.3 is 5.97 Å². The van der Waals surface area contributed by atoms with Crippen LogP contribution in [0, 0.1) is 11.8 Å². The van der Waals surface area contributed by atoms with Crippen molar-refractivity contribution < 1.29 is 27.2 Å². The first-order valence-corrected chi connectivity index (χ1v) is 6.99. The fourth-order valence-corrected chi connectivity index (χ4v) is 1.94. The summed E-state index contributed by atoms with van der Waals surface area (Å²) < 4.78 is 36.8. The van der Waals surface area contributed by atoms with Gasteiger partial charge in [-0.25, -0.2) is 0 Å². The van der Waals surface area contributed by atoms with Gasteiger partial charge in [-0.2, -0.15) is 12.6 Å². The summed E-state index contributed by atoms with van der Waals surface area (Å²) in [6.07, 6.45) is 1.60. The summed E-state index contributed by atoms with van der Waals surface area (Å²) in [7, 11) is -3.86. The molecule has 6 nitrogen and oxygen atoms in total. The van der Waals surface area contributed by atoms with E-state index in [2.05, 4.69) is 16.0 Å². The minimum absolute atomic E-state index is 0.337. The molecule has 0 aliphatic carbocycles. The van der Waals surface area contributed by atoms with E-state index in [-0.39, 0.29) is 6.10 Å². The summed E-state index contributed by atoms with van der Waals surface area (Å²) in [5.74, 6) is 2.17. The number of ether oxygens (including phenoxy) is 2. The van der Waals surface area contributed by atoms with Crippen molar-refractivity contribution in [1.29, 1.82) is 0 Å². The minimum Gasteiger partial charge on any atom is -0.381 e. The summed E-state index contributed by atoms with van der Waals surface area (Å²) >= 11 is 0. The zero-order valence-corrected chi connectivity index (χ0v) is 10.6. The quantitative estimate of drug-likeness (QED) is 0.431. The molecule has 1 atom stereocenters. The highest BCUT2D eigenvalue weighted by Crippen LogP contribution is 2.20. The lowest BCUT2D eigenvalue weighted by molar-refractivity contribution is -0.301. The fourth-order valence-electron chi connectivity index (χ4n) is 1.45. The van der Waals surface area contributed by atoms with Crippen LogP contribution in [0.2, 0.25) is 0 Å². The average Bonchev–Trinajstić information content (AvgIpc) is 2.15. The number of aliphatic hydroxyl groups is 1. The molecule has 0 aromatic rings. The lowest BCUT2D eigenvalue weighted by Crippen LogP contribution is -2.41. The van der Waals surface area contributed by atoms with E-state index >= 15 is 0 Å². The number of hydrogen-bond donors (Lipinski definition) is 1. The molecular formula is C10H16O6S.